The number of para-hydroxylation sites is 1. The summed E-state index contributed by atoms with van der Waals surface area (Å²) >= 11 is 0. The van der Waals surface area contributed by atoms with E-state index in [0.29, 0.717) is 21.9 Å². The molecule has 1 aromatic heterocycles. The first-order valence-corrected chi connectivity index (χ1v) is 22.0. The lowest BCUT2D eigenvalue weighted by molar-refractivity contribution is 0.463. The Bertz CT molecular complexity index is 4250. The van der Waals surface area contributed by atoms with E-state index < -0.39 is 34.4 Å². The van der Waals surface area contributed by atoms with E-state index in [2.05, 4.69) is 54.6 Å². The minimum absolute atomic E-state index is 0.00728. The van der Waals surface area contributed by atoms with Gasteiger partial charge in [0.05, 0.1) is 33.8 Å². The molecule has 6 heteroatoms. The maximum Gasteiger partial charge on any atom is 0.170 e. The number of nitrogens with zero attached hydrogens (tertiary/aromatic N) is 2. The monoisotopic (exact) mass is 868 g/mol. The number of rotatable bonds is 5. The lowest BCUT2D eigenvalue weighted by Gasteiger charge is -2.20. The molecule has 67 heavy (non-hydrogen) atoms. The molecule has 1 heterocycles. The highest BCUT2D eigenvalue weighted by Crippen LogP contribution is 2.48. The average molecular weight is 869 g/mol. The number of benzene rings is 12. The van der Waals surface area contributed by atoms with Crippen LogP contribution in [-0.2, 0) is 0 Å². The fourth-order valence-electron chi connectivity index (χ4n) is 10.6. The SMILES string of the molecule is N#Cc1cc2ccc3cc(-c4c(F)c(F)c(-c5ccc6c(-c7ccc8ccccc8c7)c7ccccc7c(-c7ccc8ccccc8c7)c6c5)c(F)c4F)cc4c3c2c(c1)n4-c1ccccc1. The highest BCUT2D eigenvalue weighted by molar-refractivity contribution is 6.26. The topological polar surface area (TPSA) is 28.7 Å². The van der Waals surface area contributed by atoms with Gasteiger partial charge in [0.1, 0.15) is 0 Å². The Labute approximate surface area is 380 Å². The predicted octanol–water partition coefficient (Wildman–Crippen LogP) is 17.1. The zero-order chi connectivity index (χ0) is 45.1. The third-order valence-electron chi connectivity index (χ3n) is 13.6. The second-order valence-electron chi connectivity index (χ2n) is 17.2. The van der Waals surface area contributed by atoms with Crippen molar-refractivity contribution in [2.75, 3.05) is 0 Å². The van der Waals surface area contributed by atoms with Crippen LogP contribution in [-0.4, -0.2) is 4.57 Å². The number of halogens is 4. The van der Waals surface area contributed by atoms with Gasteiger partial charge in [-0.1, -0.05) is 140 Å². The van der Waals surface area contributed by atoms with Crippen molar-refractivity contribution in [3.63, 3.8) is 0 Å². The molecule has 13 aromatic rings. The van der Waals surface area contributed by atoms with Gasteiger partial charge in [-0.05, 0) is 142 Å². The van der Waals surface area contributed by atoms with Crippen molar-refractivity contribution >= 4 is 75.7 Å². The van der Waals surface area contributed by atoms with Gasteiger partial charge in [-0.2, -0.15) is 5.26 Å². The van der Waals surface area contributed by atoms with Gasteiger partial charge in [0, 0.05) is 16.5 Å². The van der Waals surface area contributed by atoms with E-state index in [9.17, 15) is 5.26 Å². The van der Waals surface area contributed by atoms with Gasteiger partial charge in [0.2, 0.25) is 0 Å². The predicted molar refractivity (Wildman–Crippen MR) is 266 cm³/mol. The second-order valence-corrected chi connectivity index (χ2v) is 17.2. The summed E-state index contributed by atoms with van der Waals surface area (Å²) in [5.74, 6) is -5.99. The number of nitriles is 1. The van der Waals surface area contributed by atoms with Gasteiger partial charge in [-0.25, -0.2) is 17.6 Å². The minimum atomic E-state index is -1.50. The van der Waals surface area contributed by atoms with Gasteiger partial charge < -0.3 is 4.57 Å². The lowest BCUT2D eigenvalue weighted by atomic mass is 9.84. The molecule has 314 valence electrons. The molecule has 0 radical (unpaired) electrons. The standard InChI is InChI=1S/C61H32F4N2/c62-58-56(59(63)61(65)57(60(58)64)44-30-42-23-22-39-26-34(33-66)27-50-54(39)55(42)51(32-44)67(50)45-14-2-1-3-15-45)43-24-25-48-49(31-43)53(41-21-19-36-11-5-7-13-38(36)29-41)47-17-9-8-16-46(47)52(48)40-20-18-35-10-4-6-12-37(35)28-40/h1-32H. The van der Waals surface area contributed by atoms with Crippen LogP contribution in [0.3, 0.4) is 0 Å². The minimum Gasteiger partial charge on any atom is -0.309 e. The van der Waals surface area contributed by atoms with Gasteiger partial charge in [0.25, 0.3) is 0 Å². The zero-order valence-electron chi connectivity index (χ0n) is 35.4. The van der Waals surface area contributed by atoms with Crippen LogP contribution in [0.1, 0.15) is 5.56 Å². The fourth-order valence-corrected chi connectivity index (χ4v) is 10.6. The van der Waals surface area contributed by atoms with Crippen LogP contribution in [0.2, 0.25) is 0 Å². The van der Waals surface area contributed by atoms with Crippen molar-refractivity contribution in [2.45, 2.75) is 0 Å². The van der Waals surface area contributed by atoms with E-state index in [4.69, 9.17) is 0 Å². The molecule has 0 amide bonds. The molecular weight excluding hydrogens is 837 g/mol. The van der Waals surface area contributed by atoms with Crippen LogP contribution in [0, 0.1) is 34.6 Å². The van der Waals surface area contributed by atoms with Gasteiger partial charge in [-0.3, -0.25) is 0 Å². The molecule has 0 bridgehead atoms. The van der Waals surface area contributed by atoms with E-state index >= 15 is 17.6 Å². The van der Waals surface area contributed by atoms with Crippen LogP contribution in [0.15, 0.2) is 194 Å². The van der Waals surface area contributed by atoms with Crippen molar-refractivity contribution in [1.82, 2.24) is 4.57 Å². The molecule has 0 saturated carbocycles. The first-order chi connectivity index (χ1) is 32.8. The Morgan fingerprint density at radius 1 is 0.328 bits per heavy atom. The summed E-state index contributed by atoms with van der Waals surface area (Å²) in [6.45, 7) is 0. The Hall–Kier alpha value is -8.79. The van der Waals surface area contributed by atoms with E-state index in [1.54, 1.807) is 42.5 Å². The van der Waals surface area contributed by atoms with E-state index in [1.165, 1.54) is 0 Å². The fraction of sp³-hybridized carbons (Fsp3) is 0. The molecule has 0 spiro atoms. The zero-order valence-corrected chi connectivity index (χ0v) is 35.4. The average Bonchev–Trinajstić information content (AvgIpc) is 3.71. The highest BCUT2D eigenvalue weighted by atomic mass is 19.2. The number of fused-ring (bicyclic) bond motifs is 4. The van der Waals surface area contributed by atoms with Crippen LogP contribution in [0.5, 0.6) is 0 Å². The molecular formula is C61H32F4N2. The molecule has 0 unspecified atom stereocenters. The van der Waals surface area contributed by atoms with E-state index in [-0.39, 0.29) is 11.1 Å². The Morgan fingerprint density at radius 3 is 1.36 bits per heavy atom. The summed E-state index contributed by atoms with van der Waals surface area (Å²) in [6.07, 6.45) is 0. The molecule has 0 saturated heterocycles. The molecule has 0 aliphatic carbocycles. The summed E-state index contributed by atoms with van der Waals surface area (Å²) in [5.41, 5.74) is 4.46. The number of aromatic nitrogens is 1. The first kappa shape index (κ1) is 38.6. The van der Waals surface area contributed by atoms with Crippen molar-refractivity contribution in [3.05, 3.63) is 223 Å². The molecule has 0 atom stereocenters. The Morgan fingerprint density at radius 2 is 0.761 bits per heavy atom. The Kier molecular flexibility index (Phi) is 8.43. The molecule has 0 aliphatic heterocycles. The number of hydrogen-bond acceptors (Lipinski definition) is 1. The summed E-state index contributed by atoms with van der Waals surface area (Å²) in [6, 6.07) is 63.9. The van der Waals surface area contributed by atoms with Crippen molar-refractivity contribution < 1.29 is 17.6 Å². The normalized spacial score (nSPS) is 11.9. The summed E-state index contributed by atoms with van der Waals surface area (Å²) in [7, 11) is 0. The van der Waals surface area contributed by atoms with Gasteiger partial charge in [0.15, 0.2) is 23.3 Å². The summed E-state index contributed by atoms with van der Waals surface area (Å²) in [4.78, 5) is 0. The molecule has 13 rings (SSSR count). The molecule has 0 fully saturated rings. The van der Waals surface area contributed by atoms with Crippen LogP contribution < -0.4 is 0 Å². The van der Waals surface area contributed by atoms with Gasteiger partial charge >= 0.3 is 0 Å². The summed E-state index contributed by atoms with van der Waals surface area (Å²) in [5, 5.41) is 20.6. The van der Waals surface area contributed by atoms with Crippen LogP contribution >= 0.6 is 0 Å². The van der Waals surface area contributed by atoms with Crippen molar-refractivity contribution in [2.24, 2.45) is 0 Å². The first-order valence-electron chi connectivity index (χ1n) is 22.0. The lowest BCUT2D eigenvalue weighted by Crippen LogP contribution is -2.04. The maximum absolute atomic E-state index is 17.1. The smallest absolute Gasteiger partial charge is 0.170 e. The van der Waals surface area contributed by atoms with Gasteiger partial charge in [-0.15, -0.1) is 0 Å². The Balaban J connectivity index is 1.06. The van der Waals surface area contributed by atoms with E-state index in [1.807, 2.05) is 108 Å². The van der Waals surface area contributed by atoms with Crippen LogP contribution in [0.25, 0.3) is 126 Å². The van der Waals surface area contributed by atoms with Crippen LogP contribution in [0.4, 0.5) is 17.6 Å². The molecule has 2 nitrogen and oxygen atoms in total. The summed E-state index contributed by atoms with van der Waals surface area (Å²) < 4.78 is 70.2. The quantitative estimate of drug-likeness (QED) is 0.0733. The third-order valence-corrected chi connectivity index (χ3v) is 13.6. The molecule has 0 aliphatic rings. The van der Waals surface area contributed by atoms with E-state index in [0.717, 1.165) is 87.3 Å². The largest absolute Gasteiger partial charge is 0.309 e. The maximum atomic E-state index is 17.1. The molecule has 0 N–H and O–H groups in total. The third kappa shape index (κ3) is 5.75. The molecule has 12 aromatic carbocycles. The number of hydrogen-bond donors (Lipinski definition) is 0. The second kappa shape index (κ2) is 14.6. The van der Waals surface area contributed by atoms with Crippen molar-refractivity contribution in [3.8, 4) is 56.3 Å². The highest BCUT2D eigenvalue weighted by Gasteiger charge is 2.30. The van der Waals surface area contributed by atoms with Crippen molar-refractivity contribution in [1.29, 1.82) is 5.26 Å².